The number of ether oxygens (including phenoxy) is 2. The first kappa shape index (κ1) is 18.1. The standard InChI is InChI=1S/C19H22ClNO3/c1-4-17(24-15-11-9-14(20)10-12-15)19(22)21-13(2)16-7-5-6-8-18(16)23-3/h5-13,17H,4H2,1-3H3,(H,21,22)/t13-,17-/m0/s1. The first-order chi connectivity index (χ1) is 11.5. The first-order valence-corrected chi connectivity index (χ1v) is 8.28. The van der Waals surface area contributed by atoms with Crippen LogP contribution in [-0.4, -0.2) is 19.1 Å². The Balaban J connectivity index is 2.04. The Morgan fingerprint density at radius 3 is 2.46 bits per heavy atom. The molecule has 24 heavy (non-hydrogen) atoms. The lowest BCUT2D eigenvalue weighted by atomic mass is 10.1. The highest BCUT2D eigenvalue weighted by molar-refractivity contribution is 6.30. The lowest BCUT2D eigenvalue weighted by Gasteiger charge is -2.22. The van der Waals surface area contributed by atoms with Crippen molar-refractivity contribution in [2.45, 2.75) is 32.4 Å². The van der Waals surface area contributed by atoms with Crippen LogP contribution in [0.2, 0.25) is 5.02 Å². The smallest absolute Gasteiger partial charge is 0.261 e. The lowest BCUT2D eigenvalue weighted by Crippen LogP contribution is -2.39. The molecule has 0 saturated carbocycles. The Morgan fingerprint density at radius 1 is 1.17 bits per heavy atom. The molecule has 2 aromatic carbocycles. The van der Waals surface area contributed by atoms with E-state index in [1.807, 2.05) is 38.1 Å². The van der Waals surface area contributed by atoms with Crippen LogP contribution in [0.25, 0.3) is 0 Å². The summed E-state index contributed by atoms with van der Waals surface area (Å²) in [5, 5.41) is 3.61. The van der Waals surface area contributed by atoms with Crippen LogP contribution in [0.5, 0.6) is 11.5 Å². The molecule has 2 rings (SSSR count). The summed E-state index contributed by atoms with van der Waals surface area (Å²) < 4.78 is 11.1. The summed E-state index contributed by atoms with van der Waals surface area (Å²) in [5.74, 6) is 1.20. The van der Waals surface area contributed by atoms with Gasteiger partial charge < -0.3 is 14.8 Å². The summed E-state index contributed by atoms with van der Waals surface area (Å²) in [4.78, 5) is 12.5. The van der Waals surface area contributed by atoms with Crippen LogP contribution < -0.4 is 14.8 Å². The number of methoxy groups -OCH3 is 1. The van der Waals surface area contributed by atoms with Gasteiger partial charge in [-0.15, -0.1) is 0 Å². The first-order valence-electron chi connectivity index (χ1n) is 7.90. The molecular weight excluding hydrogens is 326 g/mol. The van der Waals surface area contributed by atoms with Crippen molar-refractivity contribution in [3.8, 4) is 11.5 Å². The quantitative estimate of drug-likeness (QED) is 0.808. The Hall–Kier alpha value is -2.20. The molecular formula is C19H22ClNO3. The van der Waals surface area contributed by atoms with Crippen molar-refractivity contribution in [1.29, 1.82) is 0 Å². The fourth-order valence-corrected chi connectivity index (χ4v) is 2.53. The molecule has 0 unspecified atom stereocenters. The zero-order chi connectivity index (χ0) is 17.5. The number of para-hydroxylation sites is 1. The molecule has 0 saturated heterocycles. The number of hydrogen-bond acceptors (Lipinski definition) is 3. The zero-order valence-corrected chi connectivity index (χ0v) is 14.8. The predicted octanol–water partition coefficient (Wildman–Crippen LogP) is 4.38. The summed E-state index contributed by atoms with van der Waals surface area (Å²) in [7, 11) is 1.62. The van der Waals surface area contributed by atoms with Gasteiger partial charge in [-0.1, -0.05) is 36.7 Å². The molecule has 0 radical (unpaired) electrons. The van der Waals surface area contributed by atoms with Crippen molar-refractivity contribution in [2.24, 2.45) is 0 Å². The minimum absolute atomic E-state index is 0.161. The minimum atomic E-state index is -0.566. The van der Waals surface area contributed by atoms with E-state index in [2.05, 4.69) is 5.32 Å². The number of carbonyl (C=O) groups excluding carboxylic acids is 1. The Labute approximate surface area is 147 Å². The highest BCUT2D eigenvalue weighted by Crippen LogP contribution is 2.25. The summed E-state index contributed by atoms with van der Waals surface area (Å²) in [5.41, 5.74) is 0.926. The monoisotopic (exact) mass is 347 g/mol. The topological polar surface area (TPSA) is 47.6 Å². The number of benzene rings is 2. The van der Waals surface area contributed by atoms with Crippen molar-refractivity contribution in [3.05, 3.63) is 59.1 Å². The van der Waals surface area contributed by atoms with E-state index in [1.165, 1.54) is 0 Å². The Kier molecular flexibility index (Phi) is 6.50. The third-order valence-corrected chi connectivity index (χ3v) is 3.97. The largest absolute Gasteiger partial charge is 0.496 e. The molecule has 0 heterocycles. The van der Waals surface area contributed by atoms with Gasteiger partial charge in [0.15, 0.2) is 6.10 Å². The second-order valence-corrected chi connectivity index (χ2v) is 5.88. The summed E-state index contributed by atoms with van der Waals surface area (Å²) in [6.45, 7) is 3.83. The Morgan fingerprint density at radius 2 is 1.83 bits per heavy atom. The van der Waals surface area contributed by atoms with Gasteiger partial charge in [0.2, 0.25) is 0 Å². The van der Waals surface area contributed by atoms with Gasteiger partial charge in [-0.25, -0.2) is 0 Å². The van der Waals surface area contributed by atoms with E-state index in [9.17, 15) is 4.79 Å². The molecule has 1 N–H and O–H groups in total. The van der Waals surface area contributed by atoms with Gasteiger partial charge in [-0.2, -0.15) is 0 Å². The number of hydrogen-bond donors (Lipinski definition) is 1. The van der Waals surface area contributed by atoms with Crippen LogP contribution in [0.15, 0.2) is 48.5 Å². The maximum absolute atomic E-state index is 12.5. The van der Waals surface area contributed by atoms with E-state index < -0.39 is 6.10 Å². The van der Waals surface area contributed by atoms with Gasteiger partial charge in [0.05, 0.1) is 13.2 Å². The fraction of sp³-hybridized carbons (Fsp3) is 0.316. The van der Waals surface area contributed by atoms with Crippen molar-refractivity contribution in [2.75, 3.05) is 7.11 Å². The zero-order valence-electron chi connectivity index (χ0n) is 14.1. The predicted molar refractivity (Wildman–Crippen MR) is 95.7 cm³/mol. The van der Waals surface area contributed by atoms with Gasteiger partial charge in [0.25, 0.3) is 5.91 Å². The molecule has 128 valence electrons. The summed E-state index contributed by atoms with van der Waals surface area (Å²) in [6, 6.07) is 14.4. The van der Waals surface area contributed by atoms with E-state index in [0.29, 0.717) is 17.2 Å². The normalized spacial score (nSPS) is 13.0. The highest BCUT2D eigenvalue weighted by atomic mass is 35.5. The number of carbonyl (C=O) groups is 1. The van der Waals surface area contributed by atoms with Crippen molar-refractivity contribution in [3.63, 3.8) is 0 Å². The van der Waals surface area contributed by atoms with Crippen molar-refractivity contribution >= 4 is 17.5 Å². The van der Waals surface area contributed by atoms with Gasteiger partial charge >= 0.3 is 0 Å². The van der Waals surface area contributed by atoms with E-state index in [1.54, 1.807) is 31.4 Å². The van der Waals surface area contributed by atoms with Gasteiger partial charge in [0, 0.05) is 10.6 Å². The third-order valence-electron chi connectivity index (χ3n) is 3.72. The summed E-state index contributed by atoms with van der Waals surface area (Å²) >= 11 is 5.86. The molecule has 0 aromatic heterocycles. The molecule has 5 heteroatoms. The molecule has 0 bridgehead atoms. The van der Waals surface area contributed by atoms with Gasteiger partial charge in [-0.05, 0) is 43.7 Å². The number of nitrogens with one attached hydrogen (secondary N) is 1. The minimum Gasteiger partial charge on any atom is -0.496 e. The van der Waals surface area contributed by atoms with E-state index in [-0.39, 0.29) is 11.9 Å². The maximum atomic E-state index is 12.5. The second kappa shape index (κ2) is 8.60. The molecule has 2 atom stereocenters. The molecule has 0 aliphatic rings. The average Bonchev–Trinajstić information content (AvgIpc) is 2.60. The van der Waals surface area contributed by atoms with Crippen molar-refractivity contribution in [1.82, 2.24) is 5.32 Å². The lowest BCUT2D eigenvalue weighted by molar-refractivity contribution is -0.128. The van der Waals surface area contributed by atoms with Crippen LogP contribution in [0.4, 0.5) is 0 Å². The second-order valence-electron chi connectivity index (χ2n) is 5.44. The van der Waals surface area contributed by atoms with Crippen LogP contribution >= 0.6 is 11.6 Å². The van der Waals surface area contributed by atoms with Crippen molar-refractivity contribution < 1.29 is 14.3 Å². The highest BCUT2D eigenvalue weighted by Gasteiger charge is 2.21. The van der Waals surface area contributed by atoms with Crippen LogP contribution in [-0.2, 0) is 4.79 Å². The van der Waals surface area contributed by atoms with Crippen LogP contribution in [0, 0.1) is 0 Å². The molecule has 0 spiro atoms. The fourth-order valence-electron chi connectivity index (χ4n) is 2.41. The molecule has 0 fully saturated rings. The number of rotatable bonds is 7. The molecule has 0 aliphatic carbocycles. The van der Waals surface area contributed by atoms with Crippen LogP contribution in [0.1, 0.15) is 31.9 Å². The Bertz CT molecular complexity index is 673. The van der Waals surface area contributed by atoms with Crippen LogP contribution in [0.3, 0.4) is 0 Å². The SMILES string of the molecule is CC[C@H](Oc1ccc(Cl)cc1)C(=O)N[C@@H](C)c1ccccc1OC. The number of amides is 1. The maximum Gasteiger partial charge on any atom is 0.261 e. The van der Waals surface area contributed by atoms with E-state index in [4.69, 9.17) is 21.1 Å². The molecule has 0 aliphatic heterocycles. The van der Waals surface area contributed by atoms with E-state index >= 15 is 0 Å². The molecule has 4 nitrogen and oxygen atoms in total. The van der Waals surface area contributed by atoms with Gasteiger partial charge in [0.1, 0.15) is 11.5 Å². The van der Waals surface area contributed by atoms with Gasteiger partial charge in [-0.3, -0.25) is 4.79 Å². The molecule has 2 aromatic rings. The number of halogens is 1. The summed E-state index contributed by atoms with van der Waals surface area (Å²) in [6.07, 6.45) is -0.00376. The molecule has 1 amide bonds. The third kappa shape index (κ3) is 4.65. The van der Waals surface area contributed by atoms with E-state index in [0.717, 1.165) is 11.3 Å². The average molecular weight is 348 g/mol.